The van der Waals surface area contributed by atoms with Crippen LogP contribution < -0.4 is 5.32 Å². The Balaban J connectivity index is 2.21. The number of aromatic nitrogens is 4. The van der Waals surface area contributed by atoms with Crippen molar-refractivity contribution < 1.29 is 0 Å². The third kappa shape index (κ3) is 3.24. The Bertz CT molecular complexity index is 591. The summed E-state index contributed by atoms with van der Waals surface area (Å²) in [5.41, 5.74) is 3.62. The third-order valence-corrected chi connectivity index (χ3v) is 4.10. The van der Waals surface area contributed by atoms with Crippen molar-refractivity contribution in [3.8, 4) is 5.13 Å². The van der Waals surface area contributed by atoms with E-state index in [4.69, 9.17) is 0 Å². The highest BCUT2D eigenvalue weighted by Gasteiger charge is 2.16. The Morgan fingerprint density at radius 1 is 1.20 bits per heavy atom. The van der Waals surface area contributed by atoms with E-state index in [0.717, 1.165) is 34.5 Å². The van der Waals surface area contributed by atoms with Gasteiger partial charge < -0.3 is 5.32 Å². The summed E-state index contributed by atoms with van der Waals surface area (Å²) in [5, 5.41) is 18.3. The van der Waals surface area contributed by atoms with Gasteiger partial charge in [-0.15, -0.1) is 10.2 Å². The van der Waals surface area contributed by atoms with Crippen molar-refractivity contribution in [2.45, 2.75) is 60.0 Å². The second kappa shape index (κ2) is 5.61. The van der Waals surface area contributed by atoms with Gasteiger partial charge in [0.1, 0.15) is 5.01 Å². The van der Waals surface area contributed by atoms with E-state index >= 15 is 0 Å². The summed E-state index contributed by atoms with van der Waals surface area (Å²) < 4.78 is 1.91. The van der Waals surface area contributed by atoms with Crippen molar-refractivity contribution in [1.29, 1.82) is 0 Å². The number of nitrogens with one attached hydrogen (secondary N) is 1. The molecule has 6 heteroatoms. The van der Waals surface area contributed by atoms with Gasteiger partial charge in [0, 0.05) is 11.2 Å². The van der Waals surface area contributed by atoms with E-state index in [9.17, 15) is 0 Å². The second-order valence-corrected chi connectivity index (χ2v) is 7.04. The van der Waals surface area contributed by atoms with Crippen LogP contribution >= 0.6 is 11.3 Å². The molecule has 0 radical (unpaired) electrons. The van der Waals surface area contributed by atoms with Gasteiger partial charge in [-0.1, -0.05) is 18.3 Å². The molecule has 2 aromatic heterocycles. The van der Waals surface area contributed by atoms with Crippen LogP contribution in [0.3, 0.4) is 0 Å². The minimum atomic E-state index is 0.0828. The van der Waals surface area contributed by atoms with Crippen molar-refractivity contribution >= 4 is 11.3 Å². The smallest absolute Gasteiger partial charge is 0.233 e. The van der Waals surface area contributed by atoms with Crippen LogP contribution in [0.25, 0.3) is 5.13 Å². The highest BCUT2D eigenvalue weighted by atomic mass is 32.1. The van der Waals surface area contributed by atoms with Crippen LogP contribution in [0.1, 0.15) is 49.7 Å². The van der Waals surface area contributed by atoms with Gasteiger partial charge in [0.05, 0.1) is 12.2 Å². The average Bonchev–Trinajstić information content (AvgIpc) is 2.91. The highest BCUT2D eigenvalue weighted by molar-refractivity contribution is 7.13. The first-order valence-corrected chi connectivity index (χ1v) is 7.76. The van der Waals surface area contributed by atoms with Crippen LogP contribution in [0.15, 0.2) is 0 Å². The van der Waals surface area contributed by atoms with E-state index in [1.807, 2.05) is 11.6 Å². The molecule has 110 valence electrons. The monoisotopic (exact) mass is 293 g/mol. The fourth-order valence-corrected chi connectivity index (χ4v) is 2.90. The van der Waals surface area contributed by atoms with Crippen LogP contribution in [-0.4, -0.2) is 25.5 Å². The normalized spacial score (nSPS) is 12.1. The second-order valence-electron chi connectivity index (χ2n) is 6.00. The molecule has 0 aliphatic carbocycles. The molecule has 0 aliphatic heterocycles. The summed E-state index contributed by atoms with van der Waals surface area (Å²) in [6.07, 6.45) is 0.995. The topological polar surface area (TPSA) is 55.6 Å². The van der Waals surface area contributed by atoms with Crippen LogP contribution in [0.4, 0.5) is 0 Å². The fourth-order valence-electron chi connectivity index (χ4n) is 2.12. The molecule has 2 aromatic rings. The highest BCUT2D eigenvalue weighted by Crippen LogP contribution is 2.21. The zero-order chi connectivity index (χ0) is 14.9. The van der Waals surface area contributed by atoms with Crippen LogP contribution in [0.2, 0.25) is 0 Å². The summed E-state index contributed by atoms with van der Waals surface area (Å²) >= 11 is 1.59. The molecule has 2 rings (SSSR count). The molecule has 5 nitrogen and oxygen atoms in total. The van der Waals surface area contributed by atoms with E-state index < -0.39 is 0 Å². The molecule has 0 saturated carbocycles. The summed E-state index contributed by atoms with van der Waals surface area (Å²) in [7, 11) is 0. The number of nitrogens with zero attached hydrogens (tertiary/aromatic N) is 4. The predicted molar refractivity (Wildman–Crippen MR) is 82.5 cm³/mol. The molecule has 0 bridgehead atoms. The number of aryl methyl sites for hydroxylation is 1. The zero-order valence-electron chi connectivity index (χ0n) is 13.1. The molecular weight excluding hydrogens is 270 g/mol. The molecule has 0 atom stereocenters. The maximum absolute atomic E-state index is 4.58. The van der Waals surface area contributed by atoms with Gasteiger partial charge in [0.25, 0.3) is 0 Å². The minimum absolute atomic E-state index is 0.0828. The maximum Gasteiger partial charge on any atom is 0.233 e. The van der Waals surface area contributed by atoms with Gasteiger partial charge in [-0.05, 0) is 46.6 Å². The molecule has 0 aromatic carbocycles. The summed E-state index contributed by atoms with van der Waals surface area (Å²) in [6.45, 7) is 13.5. The molecule has 0 unspecified atom stereocenters. The Hall–Kier alpha value is -1.27. The van der Waals surface area contributed by atoms with Gasteiger partial charge in [-0.2, -0.15) is 5.10 Å². The average molecular weight is 293 g/mol. The van der Waals surface area contributed by atoms with Crippen LogP contribution in [0.5, 0.6) is 0 Å². The first-order valence-electron chi connectivity index (χ1n) is 6.94. The number of hydrogen-bond acceptors (Lipinski definition) is 5. The summed E-state index contributed by atoms with van der Waals surface area (Å²) in [6, 6.07) is 0. The predicted octanol–water partition coefficient (Wildman–Crippen LogP) is 2.79. The molecule has 0 aliphatic rings. The molecule has 2 heterocycles. The minimum Gasteiger partial charge on any atom is -0.306 e. The Morgan fingerprint density at radius 2 is 1.90 bits per heavy atom. The molecule has 0 fully saturated rings. The molecule has 0 spiro atoms. The van der Waals surface area contributed by atoms with Gasteiger partial charge in [0.15, 0.2) is 0 Å². The third-order valence-electron chi connectivity index (χ3n) is 3.20. The van der Waals surface area contributed by atoms with E-state index in [-0.39, 0.29) is 5.54 Å². The van der Waals surface area contributed by atoms with Crippen LogP contribution in [0, 0.1) is 13.8 Å². The van der Waals surface area contributed by atoms with Gasteiger partial charge >= 0.3 is 0 Å². The zero-order valence-corrected chi connectivity index (χ0v) is 13.9. The lowest BCUT2D eigenvalue weighted by molar-refractivity contribution is 0.423. The van der Waals surface area contributed by atoms with E-state index in [0.29, 0.717) is 0 Å². The van der Waals surface area contributed by atoms with Gasteiger partial charge in [-0.25, -0.2) is 4.68 Å². The first-order chi connectivity index (χ1) is 9.31. The standard InChI is InChI=1S/C14H23N5S/c1-7-11-9(2)18-19(10(11)3)13-17-16-12(20-13)8-15-14(4,5)6/h15H,7-8H2,1-6H3. The van der Waals surface area contributed by atoms with Crippen molar-refractivity contribution in [3.63, 3.8) is 0 Å². The maximum atomic E-state index is 4.58. The lowest BCUT2D eigenvalue weighted by Gasteiger charge is -2.19. The fraction of sp³-hybridized carbons (Fsp3) is 0.643. The molecule has 0 amide bonds. The lowest BCUT2D eigenvalue weighted by atomic mass is 10.1. The quantitative estimate of drug-likeness (QED) is 0.942. The number of hydrogen-bond donors (Lipinski definition) is 1. The van der Waals surface area contributed by atoms with Gasteiger partial charge in [-0.3, -0.25) is 0 Å². The lowest BCUT2D eigenvalue weighted by Crippen LogP contribution is -2.35. The van der Waals surface area contributed by atoms with E-state index in [1.54, 1.807) is 11.3 Å². The van der Waals surface area contributed by atoms with Crippen molar-refractivity contribution in [3.05, 3.63) is 22.0 Å². The summed E-state index contributed by atoms with van der Waals surface area (Å²) in [4.78, 5) is 0. The van der Waals surface area contributed by atoms with E-state index in [1.165, 1.54) is 5.56 Å². The Kier molecular flexibility index (Phi) is 4.25. The molecule has 0 saturated heterocycles. The molecule has 20 heavy (non-hydrogen) atoms. The largest absolute Gasteiger partial charge is 0.306 e. The summed E-state index contributed by atoms with van der Waals surface area (Å²) in [5.74, 6) is 0. The molecular formula is C14H23N5S. The Morgan fingerprint density at radius 3 is 2.45 bits per heavy atom. The Labute approximate surface area is 124 Å². The van der Waals surface area contributed by atoms with Crippen LogP contribution in [-0.2, 0) is 13.0 Å². The molecule has 1 N–H and O–H groups in total. The van der Waals surface area contributed by atoms with Crippen molar-refractivity contribution in [2.75, 3.05) is 0 Å². The number of rotatable bonds is 4. The SMILES string of the molecule is CCc1c(C)nn(-c2nnc(CNC(C)(C)C)s2)c1C. The van der Waals surface area contributed by atoms with Gasteiger partial charge in [0.2, 0.25) is 5.13 Å². The van der Waals surface area contributed by atoms with Crippen molar-refractivity contribution in [1.82, 2.24) is 25.3 Å². The van der Waals surface area contributed by atoms with E-state index in [2.05, 4.69) is 55.2 Å². The van der Waals surface area contributed by atoms with Crippen molar-refractivity contribution in [2.24, 2.45) is 0 Å². The first kappa shape index (κ1) is 15.1.